The number of para-hydroxylation sites is 1. The van der Waals surface area contributed by atoms with Crippen molar-refractivity contribution in [3.63, 3.8) is 0 Å². The van der Waals surface area contributed by atoms with Crippen LogP contribution in [0.3, 0.4) is 0 Å². The lowest BCUT2D eigenvalue weighted by atomic mass is 9.92. The number of Topliss-reactive ketones (excluding diaryl/α,β-unsaturated/α-hetero) is 1. The molecule has 1 unspecified atom stereocenters. The number of benzene rings is 1. The van der Waals surface area contributed by atoms with Crippen LogP contribution in [0.1, 0.15) is 15.2 Å². The molecule has 0 radical (unpaired) electrons. The number of hydrogen-bond acceptors (Lipinski definition) is 3. The fourth-order valence-electron chi connectivity index (χ4n) is 2.15. The molecule has 1 aromatic carbocycles. The zero-order valence-corrected chi connectivity index (χ0v) is 11.1. The number of thiophene rings is 1. The maximum atomic E-state index is 12.3. The Morgan fingerprint density at radius 1 is 1.33 bits per heavy atom. The molecule has 2 nitrogen and oxygen atoms in total. The first-order valence-corrected chi connectivity index (χ1v) is 6.99. The molecule has 0 saturated heterocycles. The molecular formula is C14H11ClO2S. The number of ether oxygens (including phenoxy) is 1. The highest BCUT2D eigenvalue weighted by Gasteiger charge is 2.28. The molecule has 1 aliphatic heterocycles. The molecule has 0 bridgehead atoms. The van der Waals surface area contributed by atoms with Crippen molar-refractivity contribution < 1.29 is 9.53 Å². The highest BCUT2D eigenvalue weighted by molar-refractivity contribution is 7.12. The molecule has 0 aliphatic carbocycles. The third-order valence-electron chi connectivity index (χ3n) is 3.09. The molecule has 0 N–H and O–H groups in total. The lowest BCUT2D eigenvalue weighted by Gasteiger charge is -2.23. The van der Waals surface area contributed by atoms with Crippen LogP contribution in [0, 0.1) is 5.92 Å². The van der Waals surface area contributed by atoms with Gasteiger partial charge in [0.05, 0.1) is 22.4 Å². The Labute approximate surface area is 114 Å². The zero-order valence-electron chi connectivity index (χ0n) is 9.56. The van der Waals surface area contributed by atoms with Gasteiger partial charge >= 0.3 is 0 Å². The van der Waals surface area contributed by atoms with E-state index in [2.05, 4.69) is 0 Å². The van der Waals surface area contributed by atoms with Crippen molar-refractivity contribution in [3.8, 4) is 5.75 Å². The summed E-state index contributed by atoms with van der Waals surface area (Å²) in [6, 6.07) is 9.61. The third kappa shape index (κ3) is 2.04. The Balaban J connectivity index is 1.84. The van der Waals surface area contributed by atoms with Gasteiger partial charge in [0, 0.05) is 0 Å². The summed E-state index contributed by atoms with van der Waals surface area (Å²) in [5.74, 6) is 0.847. The zero-order chi connectivity index (χ0) is 12.5. The van der Waals surface area contributed by atoms with E-state index in [1.54, 1.807) is 6.07 Å². The van der Waals surface area contributed by atoms with Gasteiger partial charge < -0.3 is 4.74 Å². The molecule has 2 heterocycles. The van der Waals surface area contributed by atoms with Crippen molar-refractivity contribution in [1.82, 2.24) is 0 Å². The average Bonchev–Trinajstić information content (AvgIpc) is 2.83. The van der Waals surface area contributed by atoms with Crippen molar-refractivity contribution in [2.75, 3.05) is 6.61 Å². The van der Waals surface area contributed by atoms with Crippen LogP contribution in [0.15, 0.2) is 35.7 Å². The summed E-state index contributed by atoms with van der Waals surface area (Å²) in [5.41, 5.74) is 1.09. The van der Waals surface area contributed by atoms with Gasteiger partial charge in [0.15, 0.2) is 5.78 Å². The van der Waals surface area contributed by atoms with E-state index in [4.69, 9.17) is 16.3 Å². The molecular weight excluding hydrogens is 268 g/mol. The normalized spacial score (nSPS) is 17.9. The van der Waals surface area contributed by atoms with Gasteiger partial charge in [-0.25, -0.2) is 0 Å². The minimum atomic E-state index is -0.129. The van der Waals surface area contributed by atoms with E-state index in [-0.39, 0.29) is 11.7 Å². The molecule has 1 aromatic heterocycles. The molecule has 0 saturated carbocycles. The lowest BCUT2D eigenvalue weighted by molar-refractivity contribution is 0.0859. The van der Waals surface area contributed by atoms with Crippen LogP contribution in [-0.4, -0.2) is 12.4 Å². The molecule has 1 aliphatic rings. The first-order valence-electron chi connectivity index (χ1n) is 5.73. The summed E-state index contributed by atoms with van der Waals surface area (Å²) in [5, 5.41) is 2.39. The number of carbonyl (C=O) groups is 1. The summed E-state index contributed by atoms with van der Waals surface area (Å²) < 4.78 is 5.64. The van der Waals surface area contributed by atoms with Crippen molar-refractivity contribution >= 4 is 28.7 Å². The Bertz CT molecular complexity index is 591. The number of halogens is 1. The van der Waals surface area contributed by atoms with Crippen LogP contribution >= 0.6 is 22.9 Å². The Hall–Kier alpha value is -1.32. The van der Waals surface area contributed by atoms with E-state index in [0.717, 1.165) is 17.7 Å². The maximum absolute atomic E-state index is 12.3. The number of rotatable bonds is 2. The van der Waals surface area contributed by atoms with Crippen LogP contribution in [0.2, 0.25) is 5.02 Å². The van der Waals surface area contributed by atoms with Gasteiger partial charge in [-0.15, -0.1) is 11.3 Å². The molecule has 0 fully saturated rings. The van der Waals surface area contributed by atoms with Gasteiger partial charge in [-0.2, -0.15) is 0 Å². The SMILES string of the molecule is O=C(c1sccc1Cl)C1COc2ccccc2C1. The van der Waals surface area contributed by atoms with E-state index >= 15 is 0 Å². The van der Waals surface area contributed by atoms with Crippen LogP contribution in [0.25, 0.3) is 0 Å². The predicted octanol–water partition coefficient (Wildman–Crippen LogP) is 3.84. The van der Waals surface area contributed by atoms with Crippen LogP contribution in [0.4, 0.5) is 0 Å². The minimum absolute atomic E-state index is 0.0875. The monoisotopic (exact) mass is 278 g/mol. The molecule has 4 heteroatoms. The van der Waals surface area contributed by atoms with Gasteiger partial charge in [-0.3, -0.25) is 4.79 Å². The first-order chi connectivity index (χ1) is 8.75. The van der Waals surface area contributed by atoms with E-state index < -0.39 is 0 Å². The smallest absolute Gasteiger partial charge is 0.181 e. The van der Waals surface area contributed by atoms with Gasteiger partial charge in [-0.05, 0) is 29.5 Å². The van der Waals surface area contributed by atoms with Crippen molar-refractivity contribution in [2.24, 2.45) is 5.92 Å². The largest absolute Gasteiger partial charge is 0.493 e. The number of hydrogen-bond donors (Lipinski definition) is 0. The Kier molecular flexibility index (Phi) is 3.10. The molecule has 0 amide bonds. The van der Waals surface area contributed by atoms with Crippen molar-refractivity contribution in [2.45, 2.75) is 6.42 Å². The van der Waals surface area contributed by atoms with Crippen molar-refractivity contribution in [1.29, 1.82) is 0 Å². The predicted molar refractivity (Wildman–Crippen MR) is 72.8 cm³/mol. The fraction of sp³-hybridized carbons (Fsp3) is 0.214. The second-order valence-corrected chi connectivity index (χ2v) is 5.61. The Morgan fingerprint density at radius 3 is 2.94 bits per heavy atom. The lowest BCUT2D eigenvalue weighted by Crippen LogP contribution is -2.27. The molecule has 3 rings (SSSR count). The van der Waals surface area contributed by atoms with Gasteiger partial charge in [0.25, 0.3) is 0 Å². The standard InChI is InChI=1S/C14H11ClO2S/c15-11-5-6-18-14(11)13(16)10-7-9-3-1-2-4-12(9)17-8-10/h1-6,10H,7-8H2. The Morgan fingerprint density at radius 2 is 2.17 bits per heavy atom. The number of fused-ring (bicyclic) bond motifs is 1. The fourth-order valence-corrected chi connectivity index (χ4v) is 3.32. The summed E-state index contributed by atoms with van der Waals surface area (Å²) in [4.78, 5) is 13.0. The summed E-state index contributed by atoms with van der Waals surface area (Å²) >= 11 is 7.40. The van der Waals surface area contributed by atoms with E-state index in [9.17, 15) is 4.79 Å². The summed E-state index contributed by atoms with van der Waals surface area (Å²) in [6.07, 6.45) is 0.725. The maximum Gasteiger partial charge on any atom is 0.181 e. The topological polar surface area (TPSA) is 26.3 Å². The van der Waals surface area contributed by atoms with Gasteiger partial charge in [0.1, 0.15) is 5.75 Å². The molecule has 0 spiro atoms. The molecule has 92 valence electrons. The summed E-state index contributed by atoms with van der Waals surface area (Å²) in [6.45, 7) is 0.435. The molecule has 18 heavy (non-hydrogen) atoms. The van der Waals surface area contributed by atoms with E-state index in [1.807, 2.05) is 29.6 Å². The highest BCUT2D eigenvalue weighted by Crippen LogP contribution is 2.31. The minimum Gasteiger partial charge on any atom is -0.493 e. The van der Waals surface area contributed by atoms with Gasteiger partial charge in [0.2, 0.25) is 0 Å². The average molecular weight is 279 g/mol. The number of carbonyl (C=O) groups excluding carboxylic acids is 1. The quantitative estimate of drug-likeness (QED) is 0.780. The number of ketones is 1. The summed E-state index contributed by atoms with van der Waals surface area (Å²) in [7, 11) is 0. The molecule has 2 aromatic rings. The highest BCUT2D eigenvalue weighted by atomic mass is 35.5. The van der Waals surface area contributed by atoms with E-state index in [1.165, 1.54) is 11.3 Å². The second kappa shape index (κ2) is 4.75. The van der Waals surface area contributed by atoms with Crippen LogP contribution in [-0.2, 0) is 6.42 Å². The van der Waals surface area contributed by atoms with Crippen LogP contribution < -0.4 is 4.74 Å². The van der Waals surface area contributed by atoms with Crippen LogP contribution in [0.5, 0.6) is 5.75 Å². The van der Waals surface area contributed by atoms with Gasteiger partial charge in [-0.1, -0.05) is 29.8 Å². The second-order valence-electron chi connectivity index (χ2n) is 4.28. The third-order valence-corrected chi connectivity index (χ3v) is 4.45. The van der Waals surface area contributed by atoms with E-state index in [0.29, 0.717) is 16.5 Å². The van der Waals surface area contributed by atoms with Crippen molar-refractivity contribution in [3.05, 3.63) is 51.2 Å². The first kappa shape index (κ1) is 11.8. The molecule has 1 atom stereocenters.